The van der Waals surface area contributed by atoms with Crippen LogP contribution in [0.4, 0.5) is 0 Å². The molecule has 0 radical (unpaired) electrons. The molecule has 0 fully saturated rings. The van der Waals surface area contributed by atoms with Crippen LogP contribution in [0.15, 0.2) is 30.3 Å². The molecule has 1 aliphatic rings. The second-order valence-corrected chi connectivity index (χ2v) is 7.36. The van der Waals surface area contributed by atoms with Gasteiger partial charge in [0.25, 0.3) is 0 Å². The van der Waals surface area contributed by atoms with Crippen LogP contribution in [0, 0.1) is 6.92 Å². The van der Waals surface area contributed by atoms with Crippen LogP contribution in [0.2, 0.25) is 0 Å². The highest BCUT2D eigenvalue weighted by Gasteiger charge is 2.17. The quantitative estimate of drug-likeness (QED) is 0.797. The van der Waals surface area contributed by atoms with Crippen molar-refractivity contribution in [2.24, 2.45) is 0 Å². The van der Waals surface area contributed by atoms with E-state index in [0.717, 1.165) is 6.42 Å². The van der Waals surface area contributed by atoms with Crippen molar-refractivity contribution in [1.29, 1.82) is 0 Å². The summed E-state index contributed by atoms with van der Waals surface area (Å²) in [5.74, 6) is 0. The van der Waals surface area contributed by atoms with E-state index in [1.165, 1.54) is 48.1 Å². The van der Waals surface area contributed by atoms with E-state index in [-0.39, 0.29) is 0 Å². The van der Waals surface area contributed by atoms with Crippen LogP contribution >= 0.6 is 11.3 Å². The molecule has 0 saturated heterocycles. The molecular formula is C19H25NS. The second-order valence-electron chi connectivity index (χ2n) is 6.19. The average Bonchev–Trinajstić information content (AvgIpc) is 2.75. The first-order valence-corrected chi connectivity index (χ1v) is 8.92. The standard InChI is InChI=1S/C19H25NS/c1-14-7-6-8-15(11-14)12-17(20-2)19-13-16-9-4-3-5-10-18(16)21-19/h6-8,11,13,17,20H,3-5,9-10,12H2,1-2H3. The normalized spacial score (nSPS) is 16.3. The number of hydrogen-bond acceptors (Lipinski definition) is 2. The summed E-state index contributed by atoms with van der Waals surface area (Å²) in [6, 6.07) is 11.8. The minimum absolute atomic E-state index is 0.448. The Morgan fingerprint density at radius 2 is 2.00 bits per heavy atom. The summed E-state index contributed by atoms with van der Waals surface area (Å²) < 4.78 is 0. The highest BCUT2D eigenvalue weighted by Crippen LogP contribution is 2.33. The van der Waals surface area contributed by atoms with Gasteiger partial charge in [-0.3, -0.25) is 0 Å². The Kier molecular flexibility index (Phi) is 4.77. The molecule has 0 aliphatic heterocycles. The molecule has 2 aromatic rings. The highest BCUT2D eigenvalue weighted by atomic mass is 32.1. The topological polar surface area (TPSA) is 12.0 Å². The number of nitrogens with one attached hydrogen (secondary N) is 1. The van der Waals surface area contributed by atoms with Crippen LogP contribution in [-0.4, -0.2) is 7.05 Å². The van der Waals surface area contributed by atoms with Crippen LogP contribution < -0.4 is 5.32 Å². The van der Waals surface area contributed by atoms with Gasteiger partial charge in [-0.25, -0.2) is 0 Å². The summed E-state index contributed by atoms with van der Waals surface area (Å²) in [7, 11) is 2.09. The van der Waals surface area contributed by atoms with E-state index < -0.39 is 0 Å². The van der Waals surface area contributed by atoms with E-state index in [1.54, 1.807) is 10.4 Å². The van der Waals surface area contributed by atoms with Crippen molar-refractivity contribution in [3.63, 3.8) is 0 Å². The van der Waals surface area contributed by atoms with Gasteiger partial charge in [0.2, 0.25) is 0 Å². The third-order valence-corrected chi connectivity index (χ3v) is 5.83. The first kappa shape index (κ1) is 14.8. The molecule has 1 nitrogen and oxygen atoms in total. The number of likely N-dealkylation sites (N-methyl/N-ethyl adjacent to an activating group) is 1. The Bertz CT molecular complexity index is 576. The first-order valence-electron chi connectivity index (χ1n) is 8.10. The van der Waals surface area contributed by atoms with Crippen molar-refractivity contribution >= 4 is 11.3 Å². The van der Waals surface area contributed by atoms with Crippen molar-refractivity contribution in [3.05, 3.63) is 56.8 Å². The Labute approximate surface area is 132 Å². The zero-order valence-corrected chi connectivity index (χ0v) is 13.9. The van der Waals surface area contributed by atoms with Crippen LogP contribution in [0.25, 0.3) is 0 Å². The monoisotopic (exact) mass is 299 g/mol. The molecule has 1 N–H and O–H groups in total. The van der Waals surface area contributed by atoms with Gasteiger partial charge in [-0.05, 0) is 63.3 Å². The predicted molar refractivity (Wildman–Crippen MR) is 92.3 cm³/mol. The van der Waals surface area contributed by atoms with E-state index in [1.807, 2.05) is 11.3 Å². The number of benzene rings is 1. The molecule has 0 spiro atoms. The van der Waals surface area contributed by atoms with Gasteiger partial charge in [0.1, 0.15) is 0 Å². The smallest absolute Gasteiger partial charge is 0.0453 e. The van der Waals surface area contributed by atoms with E-state index in [9.17, 15) is 0 Å². The third-order valence-electron chi connectivity index (χ3n) is 4.48. The molecule has 2 heteroatoms. The molecule has 0 saturated carbocycles. The third kappa shape index (κ3) is 3.56. The highest BCUT2D eigenvalue weighted by molar-refractivity contribution is 7.12. The number of hydrogen-bond donors (Lipinski definition) is 1. The summed E-state index contributed by atoms with van der Waals surface area (Å²) in [6.07, 6.45) is 7.79. The second kappa shape index (κ2) is 6.76. The number of rotatable bonds is 4. The number of thiophene rings is 1. The molecule has 3 rings (SSSR count). The van der Waals surface area contributed by atoms with Crippen molar-refractivity contribution in [3.8, 4) is 0 Å². The van der Waals surface area contributed by atoms with Gasteiger partial charge >= 0.3 is 0 Å². The maximum atomic E-state index is 3.52. The molecule has 21 heavy (non-hydrogen) atoms. The predicted octanol–water partition coefficient (Wildman–Crippen LogP) is 4.83. The molecule has 112 valence electrons. The summed E-state index contributed by atoms with van der Waals surface area (Å²) in [6.45, 7) is 2.17. The molecule has 1 atom stereocenters. The summed E-state index contributed by atoms with van der Waals surface area (Å²) in [4.78, 5) is 3.16. The van der Waals surface area contributed by atoms with Crippen LogP contribution in [0.3, 0.4) is 0 Å². The van der Waals surface area contributed by atoms with Crippen molar-refractivity contribution in [1.82, 2.24) is 5.32 Å². The molecule has 0 amide bonds. The van der Waals surface area contributed by atoms with E-state index in [2.05, 4.69) is 49.6 Å². The van der Waals surface area contributed by atoms with Gasteiger partial charge in [0.15, 0.2) is 0 Å². The van der Waals surface area contributed by atoms with Gasteiger partial charge in [-0.15, -0.1) is 11.3 Å². The van der Waals surface area contributed by atoms with Crippen LogP contribution in [-0.2, 0) is 19.3 Å². The van der Waals surface area contributed by atoms with Crippen LogP contribution in [0.1, 0.15) is 51.7 Å². The summed E-state index contributed by atoms with van der Waals surface area (Å²) in [5.41, 5.74) is 4.40. The van der Waals surface area contributed by atoms with E-state index in [0.29, 0.717) is 6.04 Å². The van der Waals surface area contributed by atoms with Crippen LogP contribution in [0.5, 0.6) is 0 Å². The molecule has 1 unspecified atom stereocenters. The van der Waals surface area contributed by atoms with Gasteiger partial charge in [0.05, 0.1) is 0 Å². The van der Waals surface area contributed by atoms with Crippen molar-refractivity contribution < 1.29 is 0 Å². The van der Waals surface area contributed by atoms with Gasteiger partial charge in [0, 0.05) is 15.8 Å². The van der Waals surface area contributed by atoms with E-state index >= 15 is 0 Å². The molecule has 1 aliphatic carbocycles. The SMILES string of the molecule is CNC(Cc1cccc(C)c1)c1cc2c(s1)CCCCC2. The molecular weight excluding hydrogens is 274 g/mol. The maximum absolute atomic E-state index is 3.52. The fourth-order valence-corrected chi connectivity index (χ4v) is 4.65. The Morgan fingerprint density at radius 1 is 1.14 bits per heavy atom. The van der Waals surface area contributed by atoms with Crippen molar-refractivity contribution in [2.45, 2.75) is 51.5 Å². The fraction of sp³-hybridized carbons (Fsp3) is 0.474. The first-order chi connectivity index (χ1) is 10.3. The Morgan fingerprint density at radius 3 is 2.81 bits per heavy atom. The Balaban J connectivity index is 1.80. The zero-order valence-electron chi connectivity index (χ0n) is 13.1. The lowest BCUT2D eigenvalue weighted by Crippen LogP contribution is -2.17. The largest absolute Gasteiger partial charge is 0.312 e. The summed E-state index contributed by atoms with van der Waals surface area (Å²) in [5, 5.41) is 3.52. The lowest BCUT2D eigenvalue weighted by Gasteiger charge is -2.15. The molecule has 0 bridgehead atoms. The molecule has 1 aromatic heterocycles. The van der Waals surface area contributed by atoms with Gasteiger partial charge < -0.3 is 5.32 Å². The van der Waals surface area contributed by atoms with E-state index in [4.69, 9.17) is 0 Å². The average molecular weight is 299 g/mol. The minimum atomic E-state index is 0.448. The molecule has 1 aromatic carbocycles. The lowest BCUT2D eigenvalue weighted by atomic mass is 10.0. The van der Waals surface area contributed by atoms with Crippen molar-refractivity contribution in [2.75, 3.05) is 7.05 Å². The number of fused-ring (bicyclic) bond motifs is 1. The summed E-state index contributed by atoms with van der Waals surface area (Å²) >= 11 is 2.04. The lowest BCUT2D eigenvalue weighted by molar-refractivity contribution is 0.601. The Hall–Kier alpha value is -1.12. The minimum Gasteiger partial charge on any atom is -0.312 e. The fourth-order valence-electron chi connectivity index (χ4n) is 3.28. The van der Waals surface area contributed by atoms with Gasteiger partial charge in [-0.2, -0.15) is 0 Å². The molecule has 1 heterocycles. The maximum Gasteiger partial charge on any atom is 0.0453 e. The number of aryl methyl sites for hydroxylation is 3. The zero-order chi connectivity index (χ0) is 14.7. The van der Waals surface area contributed by atoms with Gasteiger partial charge in [-0.1, -0.05) is 36.2 Å².